The minimum absolute atomic E-state index is 0.286. The van der Waals surface area contributed by atoms with Crippen molar-refractivity contribution in [1.29, 1.82) is 5.26 Å². The number of ether oxygens (including phenoxy) is 2. The van der Waals surface area contributed by atoms with Crippen LogP contribution in [0.2, 0.25) is 0 Å². The number of thiophene rings is 1. The first-order chi connectivity index (χ1) is 14.2. The van der Waals surface area contributed by atoms with Gasteiger partial charge < -0.3 is 9.47 Å². The van der Waals surface area contributed by atoms with E-state index >= 15 is 0 Å². The third-order valence-corrected chi connectivity index (χ3v) is 6.84. The first-order valence-corrected chi connectivity index (χ1v) is 11.4. The van der Waals surface area contributed by atoms with E-state index < -0.39 is 0 Å². The summed E-state index contributed by atoms with van der Waals surface area (Å²) in [4.78, 5) is 6.03. The van der Waals surface area contributed by atoms with Crippen LogP contribution in [0.1, 0.15) is 62.6 Å². The molecule has 3 rings (SSSR count). The van der Waals surface area contributed by atoms with Gasteiger partial charge in [-0.2, -0.15) is 5.26 Å². The molecule has 0 unspecified atom stereocenters. The van der Waals surface area contributed by atoms with Crippen molar-refractivity contribution in [1.82, 2.24) is 0 Å². The summed E-state index contributed by atoms with van der Waals surface area (Å²) in [6.45, 7) is 11.8. The van der Waals surface area contributed by atoms with E-state index in [1.807, 2.05) is 24.4 Å². The van der Waals surface area contributed by atoms with Crippen molar-refractivity contribution in [2.75, 3.05) is 13.7 Å². The molecule has 0 saturated carbocycles. The number of hydrogen-bond donors (Lipinski definition) is 0. The Morgan fingerprint density at radius 1 is 1.30 bits per heavy atom. The summed E-state index contributed by atoms with van der Waals surface area (Å²) in [5.41, 5.74) is 3.17. The van der Waals surface area contributed by atoms with Gasteiger partial charge in [0.25, 0.3) is 0 Å². The van der Waals surface area contributed by atoms with Gasteiger partial charge in [0.2, 0.25) is 0 Å². The maximum atomic E-state index is 9.75. The van der Waals surface area contributed by atoms with E-state index in [4.69, 9.17) is 14.5 Å². The van der Waals surface area contributed by atoms with Gasteiger partial charge in [0.05, 0.1) is 19.3 Å². The third-order valence-electron chi connectivity index (χ3n) is 5.67. The number of methoxy groups -OCH3 is 1. The summed E-state index contributed by atoms with van der Waals surface area (Å²) >= 11 is 1.67. The van der Waals surface area contributed by atoms with Gasteiger partial charge in [-0.05, 0) is 65.8 Å². The fourth-order valence-corrected chi connectivity index (χ4v) is 5.01. The lowest BCUT2D eigenvalue weighted by Gasteiger charge is -2.33. The summed E-state index contributed by atoms with van der Waals surface area (Å²) in [7, 11) is 1.64. The molecule has 0 radical (unpaired) electrons. The Labute approximate surface area is 184 Å². The van der Waals surface area contributed by atoms with E-state index in [9.17, 15) is 5.26 Å². The van der Waals surface area contributed by atoms with Crippen molar-refractivity contribution in [2.24, 2.45) is 22.2 Å². The summed E-state index contributed by atoms with van der Waals surface area (Å²) in [5.74, 6) is 2.53. The van der Waals surface area contributed by atoms with Gasteiger partial charge in [0.15, 0.2) is 11.5 Å². The van der Waals surface area contributed by atoms with Gasteiger partial charge in [0.1, 0.15) is 11.1 Å². The highest BCUT2D eigenvalue weighted by atomic mass is 32.1. The second kappa shape index (κ2) is 9.22. The Kier molecular flexibility index (Phi) is 6.88. The van der Waals surface area contributed by atoms with E-state index in [0.29, 0.717) is 24.2 Å². The molecule has 1 atom stereocenters. The summed E-state index contributed by atoms with van der Waals surface area (Å²) in [6.07, 6.45) is 4.97. The Hall–Kier alpha value is -2.32. The van der Waals surface area contributed by atoms with Gasteiger partial charge in [-0.25, -0.2) is 4.99 Å². The van der Waals surface area contributed by atoms with Crippen LogP contribution in [0.4, 0.5) is 5.00 Å². The van der Waals surface area contributed by atoms with Gasteiger partial charge in [-0.15, -0.1) is 11.3 Å². The molecule has 0 fully saturated rings. The zero-order valence-electron chi connectivity index (χ0n) is 18.9. The van der Waals surface area contributed by atoms with Crippen molar-refractivity contribution in [3.63, 3.8) is 0 Å². The molecule has 0 spiro atoms. The average Bonchev–Trinajstić information content (AvgIpc) is 3.06. The lowest BCUT2D eigenvalue weighted by atomic mass is 9.72. The van der Waals surface area contributed by atoms with E-state index in [0.717, 1.165) is 41.1 Å². The minimum atomic E-state index is 0.286. The van der Waals surface area contributed by atoms with Crippen molar-refractivity contribution in [3.05, 3.63) is 39.8 Å². The Balaban J connectivity index is 1.83. The van der Waals surface area contributed by atoms with Crippen molar-refractivity contribution in [2.45, 2.75) is 53.9 Å². The molecule has 0 amide bonds. The topological polar surface area (TPSA) is 54.6 Å². The van der Waals surface area contributed by atoms with Gasteiger partial charge in [0, 0.05) is 11.1 Å². The molecular weight excluding hydrogens is 392 g/mol. The van der Waals surface area contributed by atoms with Crippen LogP contribution in [0.15, 0.2) is 23.2 Å². The van der Waals surface area contributed by atoms with Crippen LogP contribution >= 0.6 is 11.3 Å². The fourth-order valence-electron chi connectivity index (χ4n) is 3.79. The first kappa shape index (κ1) is 22.4. The summed E-state index contributed by atoms with van der Waals surface area (Å²) in [6, 6.07) is 8.22. The SMILES string of the molecule is COc1cc(C=Nc2sc3c(c2C#N)CC[C@H](C(C)(C)C)C3)ccc1OCC(C)C. The van der Waals surface area contributed by atoms with Crippen molar-refractivity contribution >= 4 is 22.6 Å². The second-order valence-corrected chi connectivity index (χ2v) is 10.6. The monoisotopic (exact) mass is 424 g/mol. The molecular formula is C25H32N2O2S. The first-order valence-electron chi connectivity index (χ1n) is 10.6. The van der Waals surface area contributed by atoms with Crippen LogP contribution in [-0.2, 0) is 12.8 Å². The molecule has 0 aliphatic heterocycles. The molecule has 0 N–H and O–H groups in total. The van der Waals surface area contributed by atoms with Crippen LogP contribution in [0.25, 0.3) is 0 Å². The van der Waals surface area contributed by atoms with Gasteiger partial charge >= 0.3 is 0 Å². The van der Waals surface area contributed by atoms with Crippen LogP contribution in [0.5, 0.6) is 11.5 Å². The zero-order valence-corrected chi connectivity index (χ0v) is 19.7. The van der Waals surface area contributed by atoms with Crippen molar-refractivity contribution < 1.29 is 9.47 Å². The molecule has 160 valence electrons. The van der Waals surface area contributed by atoms with Crippen LogP contribution in [0, 0.1) is 28.6 Å². The van der Waals surface area contributed by atoms with Crippen LogP contribution < -0.4 is 9.47 Å². The maximum absolute atomic E-state index is 9.75. The Morgan fingerprint density at radius 2 is 2.07 bits per heavy atom. The molecule has 0 saturated heterocycles. The van der Waals surface area contributed by atoms with Crippen molar-refractivity contribution in [3.8, 4) is 17.6 Å². The molecule has 1 aliphatic rings. The lowest BCUT2D eigenvalue weighted by molar-refractivity contribution is 0.218. The molecule has 30 heavy (non-hydrogen) atoms. The smallest absolute Gasteiger partial charge is 0.161 e. The maximum Gasteiger partial charge on any atom is 0.161 e. The minimum Gasteiger partial charge on any atom is -0.493 e. The van der Waals surface area contributed by atoms with Gasteiger partial charge in [-0.3, -0.25) is 0 Å². The second-order valence-electron chi connectivity index (χ2n) is 9.47. The number of aliphatic imine (C=N–C) groups is 1. The van der Waals surface area contributed by atoms with E-state index in [1.165, 1.54) is 10.4 Å². The lowest BCUT2D eigenvalue weighted by Crippen LogP contribution is -2.26. The zero-order chi connectivity index (χ0) is 21.9. The molecule has 2 aromatic rings. The predicted octanol–water partition coefficient (Wildman–Crippen LogP) is 6.56. The predicted molar refractivity (Wildman–Crippen MR) is 125 cm³/mol. The number of fused-ring (bicyclic) bond motifs is 1. The highest BCUT2D eigenvalue weighted by Gasteiger charge is 2.32. The molecule has 0 bridgehead atoms. The highest BCUT2D eigenvalue weighted by molar-refractivity contribution is 7.16. The number of rotatable bonds is 6. The number of nitriles is 1. The number of hydrogen-bond acceptors (Lipinski definition) is 5. The molecule has 1 aromatic heterocycles. The highest BCUT2D eigenvalue weighted by Crippen LogP contribution is 2.44. The van der Waals surface area contributed by atoms with Crippen LogP contribution in [-0.4, -0.2) is 19.9 Å². The Bertz CT molecular complexity index is 961. The van der Waals surface area contributed by atoms with Crippen LogP contribution in [0.3, 0.4) is 0 Å². The molecule has 1 aliphatic carbocycles. The number of benzene rings is 1. The van der Waals surface area contributed by atoms with E-state index in [1.54, 1.807) is 18.4 Å². The molecule has 5 heteroatoms. The summed E-state index contributed by atoms with van der Waals surface area (Å²) < 4.78 is 11.3. The quantitative estimate of drug-likeness (QED) is 0.493. The third kappa shape index (κ3) is 5.05. The number of nitrogens with zero attached hydrogens (tertiary/aromatic N) is 2. The molecule has 1 aromatic carbocycles. The van der Waals surface area contributed by atoms with Gasteiger partial charge in [-0.1, -0.05) is 34.6 Å². The molecule has 4 nitrogen and oxygen atoms in total. The normalized spacial score (nSPS) is 16.5. The van der Waals surface area contributed by atoms with E-state index in [2.05, 4.69) is 40.7 Å². The fraction of sp³-hybridized carbons (Fsp3) is 0.520. The van der Waals surface area contributed by atoms with E-state index in [-0.39, 0.29) is 5.41 Å². The standard InChI is InChI=1S/C25H32N2O2S/c1-16(2)15-29-21-10-7-17(11-22(21)28-6)14-27-24-20(13-26)19-9-8-18(25(3,4)5)12-23(19)30-24/h7,10-11,14,16,18H,8-9,12,15H2,1-6H3/t18-/m0/s1. The Morgan fingerprint density at radius 3 is 2.70 bits per heavy atom. The average molecular weight is 425 g/mol. The molecule has 1 heterocycles. The summed E-state index contributed by atoms with van der Waals surface area (Å²) in [5, 5.41) is 10.6. The largest absolute Gasteiger partial charge is 0.493 e.